The maximum Gasteiger partial charge on any atom is 0.287 e. The zero-order chi connectivity index (χ0) is 15.4. The second-order valence-corrected chi connectivity index (χ2v) is 5.63. The van der Waals surface area contributed by atoms with Crippen LogP contribution in [-0.4, -0.2) is 41.4 Å². The fraction of sp³-hybridized carbons (Fsp3) is 0.500. The molecular formula is C14H18ClN3O3. The zero-order valence-electron chi connectivity index (χ0n) is 11.8. The molecule has 1 fully saturated rings. The number of benzene rings is 1. The van der Waals surface area contributed by atoms with Gasteiger partial charge < -0.3 is 5.32 Å². The van der Waals surface area contributed by atoms with Gasteiger partial charge in [-0.1, -0.05) is 11.6 Å². The van der Waals surface area contributed by atoms with E-state index in [0.717, 1.165) is 13.1 Å². The molecule has 0 aliphatic carbocycles. The molecule has 1 aromatic rings. The fourth-order valence-corrected chi connectivity index (χ4v) is 2.70. The molecular weight excluding hydrogens is 294 g/mol. The Balaban J connectivity index is 1.94. The van der Waals surface area contributed by atoms with Gasteiger partial charge in [-0.2, -0.15) is 0 Å². The number of nitrogens with zero attached hydrogens (tertiary/aromatic N) is 2. The third-order valence-corrected chi connectivity index (χ3v) is 4.03. The summed E-state index contributed by atoms with van der Waals surface area (Å²) in [6.07, 6.45) is 2.41. The van der Waals surface area contributed by atoms with Crippen molar-refractivity contribution in [3.63, 3.8) is 0 Å². The molecule has 7 heteroatoms. The summed E-state index contributed by atoms with van der Waals surface area (Å²) in [6.45, 7) is 4.77. The van der Waals surface area contributed by atoms with Crippen molar-refractivity contribution >= 4 is 23.2 Å². The Morgan fingerprint density at radius 3 is 2.71 bits per heavy atom. The molecule has 1 atom stereocenters. The Hall–Kier alpha value is -1.66. The molecule has 1 amide bonds. The number of rotatable bonds is 5. The summed E-state index contributed by atoms with van der Waals surface area (Å²) < 4.78 is 0. The lowest BCUT2D eigenvalue weighted by Gasteiger charge is -2.23. The van der Waals surface area contributed by atoms with Gasteiger partial charge in [0.2, 0.25) is 0 Å². The molecule has 0 aromatic heterocycles. The predicted molar refractivity (Wildman–Crippen MR) is 80.7 cm³/mol. The van der Waals surface area contributed by atoms with E-state index in [4.69, 9.17) is 11.6 Å². The highest BCUT2D eigenvalue weighted by atomic mass is 35.5. The minimum Gasteiger partial charge on any atom is -0.350 e. The van der Waals surface area contributed by atoms with E-state index in [9.17, 15) is 14.9 Å². The van der Waals surface area contributed by atoms with Gasteiger partial charge in [-0.05, 0) is 45.0 Å². The summed E-state index contributed by atoms with van der Waals surface area (Å²) in [4.78, 5) is 24.5. The topological polar surface area (TPSA) is 75.5 Å². The van der Waals surface area contributed by atoms with E-state index >= 15 is 0 Å². The van der Waals surface area contributed by atoms with Gasteiger partial charge in [-0.15, -0.1) is 0 Å². The molecule has 1 unspecified atom stereocenters. The smallest absolute Gasteiger partial charge is 0.287 e. The number of hydrogen-bond donors (Lipinski definition) is 1. The standard InChI is InChI=1S/C14H18ClN3O3/c1-10(17-6-2-3-7-17)9-16-14(19)11-4-5-13(18(20)21)12(15)8-11/h4-5,8,10H,2-3,6-7,9H2,1H3,(H,16,19). The number of nitro groups is 1. The van der Waals surface area contributed by atoms with Crippen LogP contribution in [0.3, 0.4) is 0 Å². The summed E-state index contributed by atoms with van der Waals surface area (Å²) in [7, 11) is 0. The monoisotopic (exact) mass is 311 g/mol. The SMILES string of the molecule is CC(CNC(=O)c1ccc([N+](=O)[O-])c(Cl)c1)N1CCCC1. The molecule has 0 radical (unpaired) electrons. The number of hydrogen-bond acceptors (Lipinski definition) is 4. The number of nitro benzene ring substituents is 1. The molecule has 1 heterocycles. The first-order valence-electron chi connectivity index (χ1n) is 6.95. The van der Waals surface area contributed by atoms with Crippen molar-refractivity contribution in [1.82, 2.24) is 10.2 Å². The minimum absolute atomic E-state index is 0.0276. The van der Waals surface area contributed by atoms with E-state index in [-0.39, 0.29) is 22.7 Å². The van der Waals surface area contributed by atoms with E-state index in [0.29, 0.717) is 12.1 Å². The van der Waals surface area contributed by atoms with Crippen LogP contribution in [0.5, 0.6) is 0 Å². The molecule has 0 spiro atoms. The van der Waals surface area contributed by atoms with Crippen LogP contribution in [-0.2, 0) is 0 Å². The van der Waals surface area contributed by atoms with Crippen LogP contribution < -0.4 is 5.32 Å². The van der Waals surface area contributed by atoms with Crippen molar-refractivity contribution in [2.45, 2.75) is 25.8 Å². The maximum absolute atomic E-state index is 12.0. The third kappa shape index (κ3) is 3.92. The molecule has 1 aliphatic heterocycles. The largest absolute Gasteiger partial charge is 0.350 e. The van der Waals surface area contributed by atoms with Crippen LogP contribution in [0.25, 0.3) is 0 Å². The normalized spacial score (nSPS) is 16.7. The molecule has 0 bridgehead atoms. The highest BCUT2D eigenvalue weighted by Crippen LogP contribution is 2.24. The Morgan fingerprint density at radius 2 is 2.14 bits per heavy atom. The van der Waals surface area contributed by atoms with Gasteiger partial charge in [0.15, 0.2) is 0 Å². The first-order chi connectivity index (χ1) is 9.99. The Morgan fingerprint density at radius 1 is 1.48 bits per heavy atom. The van der Waals surface area contributed by atoms with Gasteiger partial charge in [0.05, 0.1) is 4.92 Å². The van der Waals surface area contributed by atoms with E-state index < -0.39 is 4.92 Å². The Kier molecular flexibility index (Phi) is 5.14. The fourth-order valence-electron chi connectivity index (χ4n) is 2.45. The second-order valence-electron chi connectivity index (χ2n) is 5.23. The molecule has 0 saturated carbocycles. The van der Waals surface area contributed by atoms with Crippen LogP contribution in [0.4, 0.5) is 5.69 Å². The number of carbonyl (C=O) groups excluding carboxylic acids is 1. The van der Waals surface area contributed by atoms with Crippen LogP contribution in [0, 0.1) is 10.1 Å². The number of carbonyl (C=O) groups is 1. The molecule has 1 saturated heterocycles. The average Bonchev–Trinajstić information content (AvgIpc) is 2.98. The number of amides is 1. The molecule has 6 nitrogen and oxygen atoms in total. The highest BCUT2D eigenvalue weighted by Gasteiger charge is 2.19. The van der Waals surface area contributed by atoms with Gasteiger partial charge in [0.25, 0.3) is 11.6 Å². The van der Waals surface area contributed by atoms with Crippen molar-refractivity contribution < 1.29 is 9.72 Å². The van der Waals surface area contributed by atoms with Gasteiger partial charge in [-0.25, -0.2) is 0 Å². The summed E-state index contributed by atoms with van der Waals surface area (Å²) in [5.41, 5.74) is 0.137. The Labute approximate surface area is 128 Å². The number of nitrogens with one attached hydrogen (secondary N) is 1. The van der Waals surface area contributed by atoms with Gasteiger partial charge in [0, 0.05) is 24.2 Å². The third-order valence-electron chi connectivity index (χ3n) is 3.73. The number of likely N-dealkylation sites (tertiary alicyclic amines) is 1. The van der Waals surface area contributed by atoms with E-state index in [1.807, 2.05) is 0 Å². The molecule has 1 aliphatic rings. The number of halogens is 1. The summed E-state index contributed by atoms with van der Waals surface area (Å²) >= 11 is 5.80. The minimum atomic E-state index is -0.570. The van der Waals surface area contributed by atoms with E-state index in [2.05, 4.69) is 17.1 Å². The van der Waals surface area contributed by atoms with Crippen molar-refractivity contribution in [2.24, 2.45) is 0 Å². The van der Waals surface area contributed by atoms with Crippen molar-refractivity contribution in [3.8, 4) is 0 Å². The van der Waals surface area contributed by atoms with Crippen molar-refractivity contribution in [3.05, 3.63) is 38.9 Å². The van der Waals surface area contributed by atoms with Crippen molar-refractivity contribution in [1.29, 1.82) is 0 Å². The van der Waals surface area contributed by atoms with Crippen LogP contribution in [0.2, 0.25) is 5.02 Å². The van der Waals surface area contributed by atoms with Crippen LogP contribution >= 0.6 is 11.6 Å². The molecule has 114 valence electrons. The first kappa shape index (κ1) is 15.7. The maximum atomic E-state index is 12.0. The molecule has 2 rings (SSSR count). The highest BCUT2D eigenvalue weighted by molar-refractivity contribution is 6.33. The summed E-state index contributed by atoms with van der Waals surface area (Å²) in [5.74, 6) is -0.266. The predicted octanol–water partition coefficient (Wildman–Crippen LogP) is 2.46. The second kappa shape index (κ2) is 6.87. The summed E-state index contributed by atoms with van der Waals surface area (Å²) in [5, 5.41) is 13.5. The lowest BCUT2D eigenvalue weighted by molar-refractivity contribution is -0.384. The summed E-state index contributed by atoms with van der Waals surface area (Å²) in [6, 6.07) is 4.28. The molecule has 21 heavy (non-hydrogen) atoms. The molecule has 1 N–H and O–H groups in total. The van der Waals surface area contributed by atoms with E-state index in [1.165, 1.54) is 31.0 Å². The van der Waals surface area contributed by atoms with Crippen molar-refractivity contribution in [2.75, 3.05) is 19.6 Å². The Bertz CT molecular complexity index is 544. The lowest BCUT2D eigenvalue weighted by atomic mass is 10.2. The van der Waals surface area contributed by atoms with Gasteiger partial charge in [0.1, 0.15) is 5.02 Å². The van der Waals surface area contributed by atoms with Gasteiger partial charge >= 0.3 is 0 Å². The lowest BCUT2D eigenvalue weighted by Crippen LogP contribution is -2.40. The average molecular weight is 312 g/mol. The van der Waals surface area contributed by atoms with Crippen LogP contribution in [0.1, 0.15) is 30.1 Å². The van der Waals surface area contributed by atoms with Gasteiger partial charge in [-0.3, -0.25) is 19.8 Å². The zero-order valence-corrected chi connectivity index (χ0v) is 12.6. The molecule has 1 aromatic carbocycles. The first-order valence-corrected chi connectivity index (χ1v) is 7.33. The quantitative estimate of drug-likeness (QED) is 0.669. The van der Waals surface area contributed by atoms with Crippen LogP contribution in [0.15, 0.2) is 18.2 Å². The van der Waals surface area contributed by atoms with E-state index in [1.54, 1.807) is 0 Å².